The van der Waals surface area contributed by atoms with Gasteiger partial charge in [0.15, 0.2) is 0 Å². The number of esters is 1. The van der Waals surface area contributed by atoms with Crippen molar-refractivity contribution in [2.45, 2.75) is 97.4 Å². The summed E-state index contributed by atoms with van der Waals surface area (Å²) < 4.78 is 24.7. The number of carbonyl (C=O) groups excluding carboxylic acids is 3. The molecule has 8 heteroatoms. The zero-order chi connectivity index (χ0) is 31.6. The van der Waals surface area contributed by atoms with Crippen molar-refractivity contribution in [1.82, 2.24) is 10.6 Å². The number of nitrogens with one attached hydrogen (secondary N) is 2. The van der Waals surface area contributed by atoms with Gasteiger partial charge in [-0.3, -0.25) is 0 Å². The molecule has 0 aromatic heterocycles. The standard InChI is InChI=1S/C23H24FN2O4.3C4H9.Sn/c1-30-22(29)23(15-16-24,26-21(28)19-12-6-3-7-13-19)14-8-9-17-25-20(27)18-10-4-2-5-11-18;3*1-3-4-2;/h2-7,10-13,15H,8-9,14,17H2,1H3,(H,25,27)(H,26,28);3*1,3-4H2,2H3;. The molecule has 0 saturated heterocycles. The fourth-order valence-corrected chi connectivity index (χ4v) is 20.1. The predicted octanol–water partition coefficient (Wildman–Crippen LogP) is 8.17. The first kappa shape index (κ1) is 36.5. The van der Waals surface area contributed by atoms with E-state index in [1.165, 1.54) is 13.2 Å². The molecular formula is C35H51FN2O4Sn. The van der Waals surface area contributed by atoms with Gasteiger partial charge in [0.1, 0.15) is 0 Å². The molecule has 2 amide bonds. The molecular weight excluding hydrogens is 650 g/mol. The van der Waals surface area contributed by atoms with Crippen molar-refractivity contribution in [2.75, 3.05) is 13.7 Å². The van der Waals surface area contributed by atoms with Gasteiger partial charge in [0.25, 0.3) is 0 Å². The number of methoxy groups -OCH3 is 1. The van der Waals surface area contributed by atoms with Crippen molar-refractivity contribution in [1.29, 1.82) is 0 Å². The Morgan fingerprint density at radius 3 is 1.72 bits per heavy atom. The third-order valence-electron chi connectivity index (χ3n) is 8.15. The van der Waals surface area contributed by atoms with E-state index in [9.17, 15) is 14.4 Å². The molecule has 2 N–H and O–H groups in total. The second-order valence-electron chi connectivity index (χ2n) is 11.4. The van der Waals surface area contributed by atoms with E-state index in [4.69, 9.17) is 4.74 Å². The maximum atomic E-state index is 16.9. The third-order valence-corrected chi connectivity index (χ3v) is 22.7. The van der Waals surface area contributed by atoms with E-state index in [-0.39, 0.29) is 16.2 Å². The van der Waals surface area contributed by atoms with Crippen molar-refractivity contribution in [2.24, 2.45) is 0 Å². The summed E-state index contributed by atoms with van der Waals surface area (Å²) in [5, 5.41) is 5.82. The number of hydrogen-bond donors (Lipinski definition) is 2. The Morgan fingerprint density at radius 2 is 1.26 bits per heavy atom. The SMILES string of the molecule is CCC[CH2][Sn]([CH2]CCC)([CH2]CCC)/[C](F)=C/C(CCCCNC(=O)c1ccccc1)(NC(=O)c1ccccc1)C(=O)OC. The number of amides is 2. The number of rotatable bonds is 20. The molecule has 236 valence electrons. The first-order valence-electron chi connectivity index (χ1n) is 16.0. The van der Waals surface area contributed by atoms with Crippen molar-refractivity contribution >= 4 is 36.2 Å². The van der Waals surface area contributed by atoms with Gasteiger partial charge >= 0.3 is 257 Å². The van der Waals surface area contributed by atoms with Gasteiger partial charge in [-0.15, -0.1) is 0 Å². The van der Waals surface area contributed by atoms with Gasteiger partial charge in [-0.05, 0) is 0 Å². The molecule has 0 aliphatic heterocycles. The van der Waals surface area contributed by atoms with Gasteiger partial charge in [0, 0.05) is 0 Å². The predicted molar refractivity (Wildman–Crippen MR) is 175 cm³/mol. The maximum absolute atomic E-state index is 16.9. The Hall–Kier alpha value is -2.68. The minimum atomic E-state index is -3.55. The normalized spacial score (nSPS) is 13.2. The van der Waals surface area contributed by atoms with Crippen LogP contribution >= 0.6 is 0 Å². The molecule has 0 spiro atoms. The van der Waals surface area contributed by atoms with Crippen LogP contribution in [0.25, 0.3) is 0 Å². The van der Waals surface area contributed by atoms with Gasteiger partial charge in [0.05, 0.1) is 0 Å². The molecule has 6 nitrogen and oxygen atoms in total. The molecule has 0 aliphatic rings. The summed E-state index contributed by atoms with van der Waals surface area (Å²) in [7, 11) is 1.28. The molecule has 2 aromatic rings. The summed E-state index contributed by atoms with van der Waals surface area (Å²) in [5.41, 5.74) is -0.693. The molecule has 2 rings (SSSR count). The van der Waals surface area contributed by atoms with Crippen LogP contribution in [0.2, 0.25) is 13.3 Å². The summed E-state index contributed by atoms with van der Waals surface area (Å²) in [6.45, 7) is 6.78. The number of ether oxygens (including phenoxy) is 1. The van der Waals surface area contributed by atoms with Gasteiger partial charge in [-0.2, -0.15) is 0 Å². The molecule has 1 atom stereocenters. The molecule has 0 heterocycles. The topological polar surface area (TPSA) is 84.5 Å². The van der Waals surface area contributed by atoms with Crippen LogP contribution in [0, 0.1) is 0 Å². The molecule has 0 fully saturated rings. The molecule has 2 aromatic carbocycles. The van der Waals surface area contributed by atoms with Crippen LogP contribution in [0.4, 0.5) is 4.39 Å². The number of hydrogen-bond acceptors (Lipinski definition) is 4. The number of benzene rings is 2. The number of unbranched alkanes of at least 4 members (excludes halogenated alkanes) is 4. The summed E-state index contributed by atoms with van der Waals surface area (Å²) in [5.74, 6) is -1.31. The van der Waals surface area contributed by atoms with E-state index in [0.717, 1.165) is 51.8 Å². The van der Waals surface area contributed by atoms with Crippen LogP contribution in [0.15, 0.2) is 70.6 Å². The second-order valence-corrected chi connectivity index (χ2v) is 24.4. The Morgan fingerprint density at radius 1 is 0.767 bits per heavy atom. The Kier molecular flexibility index (Phi) is 16.6. The summed E-state index contributed by atoms with van der Waals surface area (Å²) >= 11 is -3.55. The molecule has 0 saturated carbocycles. The van der Waals surface area contributed by atoms with E-state index in [2.05, 4.69) is 31.4 Å². The van der Waals surface area contributed by atoms with Crippen LogP contribution in [-0.2, 0) is 9.53 Å². The van der Waals surface area contributed by atoms with E-state index in [1.54, 1.807) is 36.4 Å². The van der Waals surface area contributed by atoms with Crippen LogP contribution in [0.5, 0.6) is 0 Å². The van der Waals surface area contributed by atoms with Gasteiger partial charge in [-0.25, -0.2) is 0 Å². The Balaban J connectivity index is 2.43. The van der Waals surface area contributed by atoms with Crippen LogP contribution in [-0.4, -0.2) is 55.4 Å². The summed E-state index contributed by atoms with van der Waals surface area (Å²) in [6, 6.07) is 17.6. The number of carbonyl (C=O) groups is 3. The molecule has 0 radical (unpaired) electrons. The first-order valence-corrected chi connectivity index (χ1v) is 23.4. The zero-order valence-corrected chi connectivity index (χ0v) is 29.4. The van der Waals surface area contributed by atoms with Crippen LogP contribution in [0.1, 0.15) is 99.3 Å². The van der Waals surface area contributed by atoms with Gasteiger partial charge in [-0.1, -0.05) is 6.07 Å². The van der Waals surface area contributed by atoms with Gasteiger partial charge < -0.3 is 0 Å². The Bertz CT molecular complexity index is 1140. The molecule has 0 aliphatic carbocycles. The van der Waals surface area contributed by atoms with Gasteiger partial charge in [0.2, 0.25) is 0 Å². The fourth-order valence-electron chi connectivity index (χ4n) is 5.50. The summed E-state index contributed by atoms with van der Waals surface area (Å²) in [4.78, 5) is 39.5. The quantitative estimate of drug-likeness (QED) is 0.0829. The second kappa shape index (κ2) is 19.6. The van der Waals surface area contributed by atoms with E-state index >= 15 is 4.39 Å². The van der Waals surface area contributed by atoms with E-state index in [1.807, 2.05) is 24.3 Å². The van der Waals surface area contributed by atoms with Crippen molar-refractivity contribution in [3.63, 3.8) is 0 Å². The van der Waals surface area contributed by atoms with E-state index < -0.39 is 35.8 Å². The average Bonchev–Trinajstić information content (AvgIpc) is 3.04. The third kappa shape index (κ3) is 11.4. The minimum absolute atomic E-state index is 0.138. The van der Waals surface area contributed by atoms with Crippen LogP contribution < -0.4 is 10.6 Å². The average molecular weight is 702 g/mol. The zero-order valence-electron chi connectivity index (χ0n) is 26.6. The molecule has 0 bridgehead atoms. The summed E-state index contributed by atoms with van der Waals surface area (Å²) in [6.07, 6.45) is 8.48. The molecule has 1 unspecified atom stereocenters. The monoisotopic (exact) mass is 702 g/mol. The van der Waals surface area contributed by atoms with E-state index in [0.29, 0.717) is 30.5 Å². The molecule has 43 heavy (non-hydrogen) atoms. The number of halogens is 1. The van der Waals surface area contributed by atoms with Crippen molar-refractivity contribution in [3.8, 4) is 0 Å². The fraction of sp³-hybridized carbons (Fsp3) is 0.514. The Labute approximate surface area is 262 Å². The first-order chi connectivity index (χ1) is 20.8. The van der Waals surface area contributed by atoms with Crippen LogP contribution in [0.3, 0.4) is 0 Å². The van der Waals surface area contributed by atoms with Crippen molar-refractivity contribution in [3.05, 3.63) is 81.7 Å². The van der Waals surface area contributed by atoms with Crippen molar-refractivity contribution < 1.29 is 23.5 Å².